The van der Waals surface area contributed by atoms with Crippen molar-refractivity contribution in [3.8, 4) is 5.75 Å². The summed E-state index contributed by atoms with van der Waals surface area (Å²) in [5.74, 6) is 1.73. The number of nitrogens with zero attached hydrogens (tertiary/aromatic N) is 1. The molecule has 1 aromatic heterocycles. The molecular weight excluding hydrogens is 318 g/mol. The van der Waals surface area contributed by atoms with Crippen molar-refractivity contribution in [2.24, 2.45) is 4.99 Å². The number of aryl methyl sites for hydroxylation is 2. The first kappa shape index (κ1) is 18.3. The largest absolute Gasteiger partial charge is 0.496 e. The van der Waals surface area contributed by atoms with E-state index in [1.807, 2.05) is 18.3 Å². The first-order chi connectivity index (χ1) is 11.5. The summed E-state index contributed by atoms with van der Waals surface area (Å²) in [7, 11) is 3.50. The number of ether oxygens (including phenoxy) is 1. The number of hydrogen-bond acceptors (Lipinski definition) is 3. The number of guanidine groups is 1. The molecule has 0 radical (unpaired) electrons. The van der Waals surface area contributed by atoms with Gasteiger partial charge in [-0.1, -0.05) is 12.1 Å². The molecule has 1 heterocycles. The zero-order chi connectivity index (χ0) is 17.5. The topological polar surface area (TPSA) is 45.7 Å². The quantitative estimate of drug-likeness (QED) is 0.620. The number of nitrogens with one attached hydrogen (secondary N) is 2. The highest BCUT2D eigenvalue weighted by Gasteiger charge is 2.08. The van der Waals surface area contributed by atoms with Crippen molar-refractivity contribution >= 4 is 17.3 Å². The van der Waals surface area contributed by atoms with Crippen molar-refractivity contribution in [1.29, 1.82) is 0 Å². The molecule has 0 amide bonds. The lowest BCUT2D eigenvalue weighted by molar-refractivity contribution is 0.411. The van der Waals surface area contributed by atoms with Crippen LogP contribution in [0.2, 0.25) is 0 Å². The van der Waals surface area contributed by atoms with E-state index in [1.165, 1.54) is 15.3 Å². The minimum Gasteiger partial charge on any atom is -0.496 e. The Bertz CT molecular complexity index is 694. The van der Waals surface area contributed by atoms with E-state index in [1.54, 1.807) is 14.2 Å². The fourth-order valence-corrected chi connectivity index (χ4v) is 3.55. The summed E-state index contributed by atoms with van der Waals surface area (Å²) in [5.41, 5.74) is 2.31. The zero-order valence-corrected chi connectivity index (χ0v) is 16.0. The summed E-state index contributed by atoms with van der Waals surface area (Å²) in [4.78, 5) is 7.07. The van der Waals surface area contributed by atoms with Crippen LogP contribution in [-0.4, -0.2) is 26.2 Å². The maximum absolute atomic E-state index is 5.38. The first-order valence-corrected chi connectivity index (χ1v) is 8.99. The van der Waals surface area contributed by atoms with Crippen molar-refractivity contribution in [2.75, 3.05) is 14.2 Å². The number of thiophene rings is 1. The second-order valence-corrected chi connectivity index (χ2v) is 7.36. The molecule has 4 nitrogen and oxygen atoms in total. The van der Waals surface area contributed by atoms with Gasteiger partial charge in [-0.2, -0.15) is 0 Å². The van der Waals surface area contributed by atoms with Crippen LogP contribution < -0.4 is 15.4 Å². The lowest BCUT2D eigenvalue weighted by Gasteiger charge is -2.18. The Labute approximate surface area is 149 Å². The summed E-state index contributed by atoms with van der Waals surface area (Å²) in [6.45, 7) is 7.07. The molecule has 2 aromatic rings. The third kappa shape index (κ3) is 5.27. The molecule has 2 rings (SSSR count). The SMILES string of the molecule is CN=C(NCc1ccc(C)c(OC)c1)NC(C)Cc1ccc(C)s1. The number of hydrogen-bond donors (Lipinski definition) is 2. The molecule has 1 unspecified atom stereocenters. The van der Waals surface area contributed by atoms with Crippen molar-refractivity contribution in [3.05, 3.63) is 51.2 Å². The van der Waals surface area contributed by atoms with Crippen LogP contribution in [0.3, 0.4) is 0 Å². The van der Waals surface area contributed by atoms with Crippen molar-refractivity contribution in [2.45, 2.75) is 39.8 Å². The van der Waals surface area contributed by atoms with Gasteiger partial charge in [-0.25, -0.2) is 0 Å². The Balaban J connectivity index is 1.88. The zero-order valence-electron chi connectivity index (χ0n) is 15.1. The number of aliphatic imine (C=N–C) groups is 1. The molecule has 1 aromatic carbocycles. The van der Waals surface area contributed by atoms with E-state index in [0.717, 1.165) is 23.7 Å². The molecule has 24 heavy (non-hydrogen) atoms. The maximum atomic E-state index is 5.38. The van der Waals surface area contributed by atoms with Gasteiger partial charge in [0.1, 0.15) is 5.75 Å². The van der Waals surface area contributed by atoms with Crippen molar-refractivity contribution in [3.63, 3.8) is 0 Å². The van der Waals surface area contributed by atoms with E-state index in [4.69, 9.17) is 4.74 Å². The molecule has 0 aliphatic carbocycles. The van der Waals surface area contributed by atoms with Gasteiger partial charge in [0.2, 0.25) is 0 Å². The molecule has 0 bridgehead atoms. The van der Waals surface area contributed by atoms with E-state index in [0.29, 0.717) is 12.6 Å². The minimum absolute atomic E-state index is 0.321. The van der Waals surface area contributed by atoms with Gasteiger partial charge < -0.3 is 15.4 Å². The molecule has 0 aliphatic heterocycles. The molecule has 0 fully saturated rings. The van der Waals surface area contributed by atoms with E-state index < -0.39 is 0 Å². The average Bonchev–Trinajstić information content (AvgIpc) is 2.97. The molecule has 130 valence electrons. The van der Waals surface area contributed by atoms with Gasteiger partial charge in [-0.05, 0) is 50.1 Å². The third-order valence-corrected chi connectivity index (χ3v) is 4.87. The predicted molar refractivity (Wildman–Crippen MR) is 103 cm³/mol. The smallest absolute Gasteiger partial charge is 0.191 e. The van der Waals surface area contributed by atoms with E-state index >= 15 is 0 Å². The predicted octanol–water partition coefficient (Wildman–Crippen LogP) is 3.67. The van der Waals surface area contributed by atoms with Crippen molar-refractivity contribution in [1.82, 2.24) is 10.6 Å². The Morgan fingerprint density at radius 3 is 2.67 bits per heavy atom. The monoisotopic (exact) mass is 345 g/mol. The lowest BCUT2D eigenvalue weighted by atomic mass is 10.1. The van der Waals surface area contributed by atoms with Gasteiger partial charge in [-0.3, -0.25) is 4.99 Å². The Morgan fingerprint density at radius 1 is 1.25 bits per heavy atom. The summed E-state index contributed by atoms with van der Waals surface area (Å²) in [5, 5.41) is 6.81. The van der Waals surface area contributed by atoms with Crippen LogP contribution in [0, 0.1) is 13.8 Å². The minimum atomic E-state index is 0.321. The molecule has 0 saturated carbocycles. The van der Waals surface area contributed by atoms with Gasteiger partial charge in [0.25, 0.3) is 0 Å². The highest BCUT2D eigenvalue weighted by Crippen LogP contribution is 2.19. The number of methoxy groups -OCH3 is 1. The van der Waals surface area contributed by atoms with Crippen LogP contribution in [0.5, 0.6) is 5.75 Å². The van der Waals surface area contributed by atoms with Crippen LogP contribution in [0.15, 0.2) is 35.3 Å². The molecule has 0 saturated heterocycles. The molecule has 5 heteroatoms. The lowest BCUT2D eigenvalue weighted by Crippen LogP contribution is -2.42. The number of benzene rings is 1. The van der Waals surface area contributed by atoms with Gasteiger partial charge in [0.15, 0.2) is 5.96 Å². The molecular formula is C19H27N3OS. The highest BCUT2D eigenvalue weighted by molar-refractivity contribution is 7.11. The van der Waals surface area contributed by atoms with Gasteiger partial charge >= 0.3 is 0 Å². The van der Waals surface area contributed by atoms with Crippen LogP contribution in [-0.2, 0) is 13.0 Å². The van der Waals surface area contributed by atoms with Crippen LogP contribution in [0.4, 0.5) is 0 Å². The normalized spacial score (nSPS) is 12.8. The van der Waals surface area contributed by atoms with Crippen LogP contribution in [0.1, 0.15) is 27.8 Å². The van der Waals surface area contributed by atoms with Crippen LogP contribution in [0.25, 0.3) is 0 Å². The molecule has 1 atom stereocenters. The Morgan fingerprint density at radius 2 is 2.04 bits per heavy atom. The standard InChI is InChI=1S/C19H27N3OS/c1-13-6-8-16(11-18(13)23-5)12-21-19(20-4)22-14(2)10-17-9-7-15(3)24-17/h6-9,11,14H,10,12H2,1-5H3,(H2,20,21,22). The molecule has 2 N–H and O–H groups in total. The second kappa shape index (κ2) is 8.73. The fraction of sp³-hybridized carbons (Fsp3) is 0.421. The van der Waals surface area contributed by atoms with Gasteiger partial charge in [0.05, 0.1) is 7.11 Å². The summed E-state index contributed by atoms with van der Waals surface area (Å²) in [6.07, 6.45) is 0.998. The van der Waals surface area contributed by atoms with Crippen molar-refractivity contribution < 1.29 is 4.74 Å². The Hall–Kier alpha value is -2.01. The number of rotatable bonds is 6. The summed E-state index contributed by atoms with van der Waals surface area (Å²) < 4.78 is 5.38. The maximum Gasteiger partial charge on any atom is 0.191 e. The van der Waals surface area contributed by atoms with Gasteiger partial charge in [0, 0.05) is 35.8 Å². The third-order valence-electron chi connectivity index (χ3n) is 3.84. The van der Waals surface area contributed by atoms with E-state index in [2.05, 4.69) is 59.8 Å². The molecule has 0 spiro atoms. The molecule has 0 aliphatic rings. The first-order valence-electron chi connectivity index (χ1n) is 8.18. The van der Waals surface area contributed by atoms with E-state index in [-0.39, 0.29) is 0 Å². The van der Waals surface area contributed by atoms with Crippen LogP contribution >= 0.6 is 11.3 Å². The van der Waals surface area contributed by atoms with Gasteiger partial charge in [-0.15, -0.1) is 11.3 Å². The average molecular weight is 346 g/mol. The second-order valence-electron chi connectivity index (χ2n) is 5.99. The summed E-state index contributed by atoms with van der Waals surface area (Å²) in [6, 6.07) is 10.9. The van der Waals surface area contributed by atoms with E-state index in [9.17, 15) is 0 Å². The summed E-state index contributed by atoms with van der Waals surface area (Å²) >= 11 is 1.85. The Kier molecular flexibility index (Phi) is 6.67. The highest BCUT2D eigenvalue weighted by atomic mass is 32.1. The fourth-order valence-electron chi connectivity index (χ4n) is 2.54.